The van der Waals surface area contributed by atoms with Crippen molar-refractivity contribution in [1.29, 1.82) is 0 Å². The van der Waals surface area contributed by atoms with Gasteiger partial charge in [0.1, 0.15) is 5.84 Å². The first-order valence-corrected chi connectivity index (χ1v) is 11.0. The highest BCUT2D eigenvalue weighted by Gasteiger charge is 2.31. The van der Waals surface area contributed by atoms with E-state index >= 15 is 0 Å². The number of fused-ring (bicyclic) bond motifs is 2. The average molecular weight is 414 g/mol. The van der Waals surface area contributed by atoms with Crippen molar-refractivity contribution in [3.05, 3.63) is 54.1 Å². The SMILES string of the molecule is [NH3+]CC1CN(C2=Nc3ccccc3Sc3ccccc32)CCN1CCOCCO. The molecular formula is C22H29N4O2S+. The highest BCUT2D eigenvalue weighted by molar-refractivity contribution is 7.99. The van der Waals surface area contributed by atoms with Gasteiger partial charge in [0.15, 0.2) is 0 Å². The second kappa shape index (κ2) is 9.73. The van der Waals surface area contributed by atoms with Crippen LogP contribution in [0.25, 0.3) is 0 Å². The molecule has 0 bridgehead atoms. The van der Waals surface area contributed by atoms with E-state index in [0.29, 0.717) is 19.3 Å². The highest BCUT2D eigenvalue weighted by Crippen LogP contribution is 2.40. The van der Waals surface area contributed by atoms with Crippen LogP contribution in [0, 0.1) is 0 Å². The summed E-state index contributed by atoms with van der Waals surface area (Å²) in [6.07, 6.45) is 0. The molecule has 0 saturated carbocycles. The van der Waals surface area contributed by atoms with Gasteiger partial charge in [0.05, 0.1) is 38.1 Å². The van der Waals surface area contributed by atoms with Crippen LogP contribution >= 0.6 is 11.8 Å². The van der Waals surface area contributed by atoms with Gasteiger partial charge in [-0.2, -0.15) is 0 Å². The quantitative estimate of drug-likeness (QED) is 0.702. The van der Waals surface area contributed by atoms with Gasteiger partial charge in [0.25, 0.3) is 0 Å². The molecule has 2 aliphatic rings. The number of amidine groups is 1. The summed E-state index contributed by atoms with van der Waals surface area (Å²) in [5.41, 5.74) is 6.43. The molecule has 2 aliphatic heterocycles. The fraction of sp³-hybridized carbons (Fsp3) is 0.409. The molecule has 2 heterocycles. The van der Waals surface area contributed by atoms with Gasteiger partial charge in [-0.15, -0.1) is 0 Å². The number of benzene rings is 2. The number of piperazine rings is 1. The molecular weight excluding hydrogens is 384 g/mol. The standard InChI is InChI=1S/C22H28N4O2S/c23-15-17-16-26(10-9-25(17)11-13-28-14-12-27)22-18-5-1-3-7-20(18)29-21-8-4-2-6-19(21)24-22/h1-8,17,27H,9-16,23H2/p+1. The Bertz CT molecular complexity index is 860. The molecule has 4 N–H and O–H groups in total. The third-order valence-corrected chi connectivity index (χ3v) is 6.58. The molecule has 0 amide bonds. The normalized spacial score (nSPS) is 19.3. The number of hydrogen-bond donors (Lipinski definition) is 2. The van der Waals surface area contributed by atoms with Gasteiger partial charge in [-0.1, -0.05) is 42.1 Å². The van der Waals surface area contributed by atoms with Gasteiger partial charge in [-0.25, -0.2) is 4.99 Å². The Morgan fingerprint density at radius 1 is 1.07 bits per heavy atom. The van der Waals surface area contributed by atoms with Crippen molar-refractivity contribution in [3.8, 4) is 0 Å². The molecule has 0 radical (unpaired) electrons. The van der Waals surface area contributed by atoms with Crippen LogP contribution in [-0.2, 0) is 4.74 Å². The molecule has 29 heavy (non-hydrogen) atoms. The lowest BCUT2D eigenvalue weighted by molar-refractivity contribution is -0.379. The number of rotatable bonds is 6. The number of aliphatic imine (C=N–C) groups is 1. The van der Waals surface area contributed by atoms with Crippen LogP contribution in [0.5, 0.6) is 0 Å². The third-order valence-electron chi connectivity index (χ3n) is 5.44. The fourth-order valence-corrected chi connectivity index (χ4v) is 4.93. The maximum Gasteiger partial charge on any atom is 0.137 e. The first kappa shape index (κ1) is 20.4. The van der Waals surface area contributed by atoms with E-state index in [1.165, 1.54) is 15.4 Å². The Morgan fingerprint density at radius 2 is 1.86 bits per heavy atom. The van der Waals surface area contributed by atoms with E-state index in [1.54, 1.807) is 11.8 Å². The summed E-state index contributed by atoms with van der Waals surface area (Å²) in [7, 11) is 0. The van der Waals surface area contributed by atoms with E-state index in [4.69, 9.17) is 14.8 Å². The summed E-state index contributed by atoms with van der Waals surface area (Å²) in [6, 6.07) is 17.3. The molecule has 7 heteroatoms. The van der Waals surface area contributed by atoms with Crippen molar-refractivity contribution >= 4 is 23.3 Å². The predicted octanol–water partition coefficient (Wildman–Crippen LogP) is 1.47. The maximum absolute atomic E-state index is 8.88. The summed E-state index contributed by atoms with van der Waals surface area (Å²) >= 11 is 1.79. The molecule has 1 saturated heterocycles. The van der Waals surface area contributed by atoms with Crippen LogP contribution in [0.3, 0.4) is 0 Å². The van der Waals surface area contributed by atoms with Crippen LogP contribution in [0.2, 0.25) is 0 Å². The summed E-state index contributed by atoms with van der Waals surface area (Å²) in [5, 5.41) is 8.88. The fourth-order valence-electron chi connectivity index (χ4n) is 3.91. The van der Waals surface area contributed by atoms with Crippen molar-refractivity contribution in [1.82, 2.24) is 9.80 Å². The molecule has 0 aromatic heterocycles. The van der Waals surface area contributed by atoms with Gasteiger partial charge in [-0.3, -0.25) is 4.90 Å². The van der Waals surface area contributed by atoms with Crippen LogP contribution in [-0.4, -0.2) is 79.3 Å². The molecule has 2 aromatic rings. The predicted molar refractivity (Wildman–Crippen MR) is 116 cm³/mol. The van der Waals surface area contributed by atoms with Gasteiger partial charge < -0.3 is 20.5 Å². The minimum absolute atomic E-state index is 0.0747. The molecule has 1 unspecified atom stereocenters. The Kier molecular flexibility index (Phi) is 6.84. The van der Waals surface area contributed by atoms with Gasteiger partial charge in [-0.05, 0) is 18.2 Å². The van der Waals surface area contributed by atoms with Crippen molar-refractivity contribution in [2.75, 3.05) is 52.5 Å². The molecule has 1 fully saturated rings. The molecule has 0 aliphatic carbocycles. The number of quaternary nitrogens is 1. The van der Waals surface area contributed by atoms with Crippen molar-refractivity contribution < 1.29 is 15.6 Å². The highest BCUT2D eigenvalue weighted by atomic mass is 32.2. The number of hydrogen-bond acceptors (Lipinski definition) is 6. The zero-order valence-corrected chi connectivity index (χ0v) is 17.5. The number of aliphatic hydroxyl groups excluding tert-OH is 1. The average Bonchev–Trinajstić information content (AvgIpc) is 2.93. The van der Waals surface area contributed by atoms with Gasteiger partial charge in [0, 0.05) is 41.5 Å². The van der Waals surface area contributed by atoms with Gasteiger partial charge in [0.2, 0.25) is 0 Å². The lowest BCUT2D eigenvalue weighted by atomic mass is 10.1. The lowest BCUT2D eigenvalue weighted by Gasteiger charge is -2.41. The Morgan fingerprint density at radius 3 is 2.69 bits per heavy atom. The van der Waals surface area contributed by atoms with Crippen molar-refractivity contribution in [2.45, 2.75) is 15.8 Å². The number of ether oxygens (including phenoxy) is 1. The number of para-hydroxylation sites is 1. The summed E-state index contributed by atoms with van der Waals surface area (Å²) in [6.45, 7) is 5.63. The van der Waals surface area contributed by atoms with E-state index in [2.05, 4.69) is 64.1 Å². The van der Waals surface area contributed by atoms with Crippen LogP contribution in [0.15, 0.2) is 63.3 Å². The molecule has 6 nitrogen and oxygen atoms in total. The van der Waals surface area contributed by atoms with Crippen molar-refractivity contribution in [2.24, 2.45) is 4.99 Å². The number of nitrogens with zero attached hydrogens (tertiary/aromatic N) is 3. The zero-order valence-electron chi connectivity index (χ0n) is 16.7. The summed E-state index contributed by atoms with van der Waals surface area (Å²) in [5.74, 6) is 1.06. The molecule has 2 aromatic carbocycles. The first-order chi connectivity index (χ1) is 14.3. The minimum atomic E-state index is 0.0747. The van der Waals surface area contributed by atoms with E-state index in [-0.39, 0.29) is 6.61 Å². The smallest absolute Gasteiger partial charge is 0.137 e. The number of aliphatic hydroxyl groups is 1. The van der Waals surface area contributed by atoms with E-state index in [1.807, 2.05) is 0 Å². The largest absolute Gasteiger partial charge is 0.394 e. The summed E-state index contributed by atoms with van der Waals surface area (Å²) < 4.78 is 5.47. The molecule has 0 spiro atoms. The minimum Gasteiger partial charge on any atom is -0.394 e. The maximum atomic E-state index is 8.88. The van der Waals surface area contributed by atoms with Crippen LogP contribution < -0.4 is 5.73 Å². The van der Waals surface area contributed by atoms with E-state index < -0.39 is 0 Å². The van der Waals surface area contributed by atoms with Crippen molar-refractivity contribution in [3.63, 3.8) is 0 Å². The second-order valence-electron chi connectivity index (χ2n) is 7.26. The zero-order chi connectivity index (χ0) is 20.1. The summed E-state index contributed by atoms with van der Waals surface area (Å²) in [4.78, 5) is 12.4. The van der Waals surface area contributed by atoms with Crippen LogP contribution in [0.1, 0.15) is 5.56 Å². The second-order valence-corrected chi connectivity index (χ2v) is 8.35. The topological polar surface area (TPSA) is 75.9 Å². The molecule has 4 rings (SSSR count). The van der Waals surface area contributed by atoms with Crippen LogP contribution in [0.4, 0.5) is 5.69 Å². The lowest BCUT2D eigenvalue weighted by Crippen LogP contribution is -2.66. The van der Waals surface area contributed by atoms with E-state index in [9.17, 15) is 0 Å². The molecule has 1 atom stereocenters. The molecule has 154 valence electrons. The van der Waals surface area contributed by atoms with Gasteiger partial charge >= 0.3 is 0 Å². The Hall–Kier alpha value is -1.90. The monoisotopic (exact) mass is 413 g/mol. The Balaban J connectivity index is 1.56. The first-order valence-electron chi connectivity index (χ1n) is 10.2. The Labute approximate surface area is 176 Å². The third kappa shape index (κ3) is 4.65. The van der Waals surface area contributed by atoms with E-state index in [0.717, 1.165) is 44.2 Å².